The molecule has 1 fully saturated rings. The van der Waals surface area contributed by atoms with Crippen molar-refractivity contribution in [2.75, 3.05) is 20.0 Å². The monoisotopic (exact) mass is 408 g/mol. The summed E-state index contributed by atoms with van der Waals surface area (Å²) in [6.45, 7) is 0.658. The molecule has 146 valence electrons. The molecule has 1 saturated heterocycles. The van der Waals surface area contributed by atoms with Crippen molar-refractivity contribution in [3.05, 3.63) is 0 Å². The van der Waals surface area contributed by atoms with Crippen LogP contribution in [0.1, 0.15) is 0 Å². The maximum absolute atomic E-state index is 13.1. The SMILES string of the molecule is CP1(C)(C)OC(C(F)(F)F)(C(F)(F)F)C(C(F)(F)F)(C(F)(F)F)O1. The summed E-state index contributed by atoms with van der Waals surface area (Å²) in [6.07, 6.45) is -28.6. The number of alkyl halides is 12. The summed E-state index contributed by atoms with van der Waals surface area (Å²) in [6, 6.07) is 0. The van der Waals surface area contributed by atoms with Gasteiger partial charge in [-0.25, -0.2) is 0 Å². The molecule has 0 aliphatic carbocycles. The fourth-order valence-corrected chi connectivity index (χ4v) is 4.98. The minimum absolute atomic E-state index is 0.219. The zero-order chi connectivity index (χ0) is 19.9. The molecule has 2 nitrogen and oxygen atoms in total. The Balaban J connectivity index is 4.16. The first kappa shape index (κ1) is 21.6. The van der Waals surface area contributed by atoms with Gasteiger partial charge in [-0.05, 0) is 0 Å². The second-order valence-corrected chi connectivity index (χ2v) is 11.4. The van der Waals surface area contributed by atoms with E-state index in [9.17, 15) is 52.7 Å². The van der Waals surface area contributed by atoms with Gasteiger partial charge in [-0.3, -0.25) is 0 Å². The molecule has 1 heterocycles. The molecule has 24 heavy (non-hydrogen) atoms. The van der Waals surface area contributed by atoms with Crippen LogP contribution in [-0.2, 0) is 9.05 Å². The van der Waals surface area contributed by atoms with E-state index in [0.29, 0.717) is 0 Å². The van der Waals surface area contributed by atoms with Crippen LogP contribution in [0, 0.1) is 0 Å². The van der Waals surface area contributed by atoms with Crippen molar-refractivity contribution >= 4 is 7.06 Å². The third kappa shape index (κ3) is 2.64. The van der Waals surface area contributed by atoms with Crippen molar-refractivity contribution in [2.45, 2.75) is 35.9 Å². The van der Waals surface area contributed by atoms with Gasteiger partial charge in [0.1, 0.15) is 0 Å². The Morgan fingerprint density at radius 3 is 0.792 bits per heavy atom. The molecule has 0 N–H and O–H groups in total. The van der Waals surface area contributed by atoms with Crippen LogP contribution < -0.4 is 0 Å². The standard InChI is InChI=1S/C9H9F12O2P/c1-24(2,3)22-4(6(10,11)12,7(13,14)15)5(23-24,8(16,17)18)9(19,20)21/h1-3H3. The summed E-state index contributed by atoms with van der Waals surface area (Å²) in [7, 11) is -5.62. The second kappa shape index (κ2) is 4.61. The molecule has 0 aromatic heterocycles. The Labute approximate surface area is 126 Å². The van der Waals surface area contributed by atoms with Crippen molar-refractivity contribution in [1.29, 1.82) is 0 Å². The number of hydrogen-bond acceptors (Lipinski definition) is 2. The quantitative estimate of drug-likeness (QED) is 0.414. The molecule has 1 aliphatic rings. The normalized spacial score (nSPS) is 28.2. The average molecular weight is 408 g/mol. The molecule has 0 radical (unpaired) electrons. The summed E-state index contributed by atoms with van der Waals surface area (Å²) in [5.74, 6) is 0. The predicted octanol–water partition coefficient (Wildman–Crippen LogP) is 5.03. The van der Waals surface area contributed by atoms with Crippen LogP contribution in [-0.4, -0.2) is 55.9 Å². The van der Waals surface area contributed by atoms with E-state index in [1.807, 2.05) is 0 Å². The Bertz CT molecular complexity index is 444. The fraction of sp³-hybridized carbons (Fsp3) is 1.00. The summed E-state index contributed by atoms with van der Waals surface area (Å²) in [5, 5.41) is 0. The molecule has 1 rings (SSSR count). The summed E-state index contributed by atoms with van der Waals surface area (Å²) >= 11 is 0. The Kier molecular flexibility index (Phi) is 4.14. The predicted molar refractivity (Wildman–Crippen MR) is 56.5 cm³/mol. The van der Waals surface area contributed by atoms with Gasteiger partial charge in [0.05, 0.1) is 0 Å². The van der Waals surface area contributed by atoms with Gasteiger partial charge >= 0.3 is 125 Å². The van der Waals surface area contributed by atoms with Gasteiger partial charge in [-0.2, -0.15) is 0 Å². The van der Waals surface area contributed by atoms with E-state index >= 15 is 0 Å². The van der Waals surface area contributed by atoms with Gasteiger partial charge in [0.2, 0.25) is 0 Å². The van der Waals surface area contributed by atoms with E-state index in [2.05, 4.69) is 9.05 Å². The topological polar surface area (TPSA) is 18.5 Å². The van der Waals surface area contributed by atoms with E-state index in [0.717, 1.165) is 0 Å². The third-order valence-electron chi connectivity index (χ3n) is 2.99. The van der Waals surface area contributed by atoms with Gasteiger partial charge in [0.15, 0.2) is 0 Å². The zero-order valence-corrected chi connectivity index (χ0v) is 12.7. The number of halogens is 12. The third-order valence-corrected chi connectivity index (χ3v) is 4.78. The molecule has 0 atom stereocenters. The molecule has 0 spiro atoms. The van der Waals surface area contributed by atoms with E-state index in [4.69, 9.17) is 0 Å². The molecule has 0 aromatic carbocycles. The van der Waals surface area contributed by atoms with Gasteiger partial charge in [0.25, 0.3) is 0 Å². The summed E-state index contributed by atoms with van der Waals surface area (Å²) < 4.78 is 164. The van der Waals surface area contributed by atoms with Crippen molar-refractivity contribution in [2.24, 2.45) is 0 Å². The first-order chi connectivity index (χ1) is 9.93. The fourth-order valence-electron chi connectivity index (χ4n) is 2.41. The van der Waals surface area contributed by atoms with Crippen molar-refractivity contribution < 1.29 is 61.7 Å². The average Bonchev–Trinajstić information content (AvgIpc) is 2.40. The van der Waals surface area contributed by atoms with E-state index in [-0.39, 0.29) is 20.0 Å². The molecule has 0 amide bonds. The molecular weight excluding hydrogens is 399 g/mol. The Morgan fingerprint density at radius 1 is 0.500 bits per heavy atom. The van der Waals surface area contributed by atoms with Crippen molar-refractivity contribution in [3.8, 4) is 0 Å². The van der Waals surface area contributed by atoms with Crippen LogP contribution >= 0.6 is 7.06 Å². The zero-order valence-electron chi connectivity index (χ0n) is 11.8. The molecule has 0 unspecified atom stereocenters. The van der Waals surface area contributed by atoms with Crippen LogP contribution in [0.25, 0.3) is 0 Å². The summed E-state index contributed by atoms with van der Waals surface area (Å²) in [5.41, 5.74) is -13.3. The van der Waals surface area contributed by atoms with E-state index in [1.165, 1.54) is 0 Å². The molecule has 0 saturated carbocycles. The summed E-state index contributed by atoms with van der Waals surface area (Å²) in [4.78, 5) is 0. The van der Waals surface area contributed by atoms with Gasteiger partial charge < -0.3 is 0 Å². The number of rotatable bonds is 0. The Hall–Kier alpha value is -0.490. The maximum atomic E-state index is 13.1. The molecular formula is C9H9F12O2P. The van der Waals surface area contributed by atoms with Crippen LogP contribution in [0.2, 0.25) is 0 Å². The van der Waals surface area contributed by atoms with Crippen LogP contribution in [0.3, 0.4) is 0 Å². The van der Waals surface area contributed by atoms with Gasteiger partial charge in [-0.1, -0.05) is 0 Å². The molecule has 0 bridgehead atoms. The van der Waals surface area contributed by atoms with Crippen LogP contribution in [0.15, 0.2) is 0 Å². The van der Waals surface area contributed by atoms with Crippen molar-refractivity contribution in [3.63, 3.8) is 0 Å². The number of hydrogen-bond donors (Lipinski definition) is 0. The van der Waals surface area contributed by atoms with Crippen LogP contribution in [0.4, 0.5) is 52.7 Å². The minimum atomic E-state index is -7.14. The first-order valence-electron chi connectivity index (χ1n) is 5.63. The van der Waals surface area contributed by atoms with Gasteiger partial charge in [0, 0.05) is 0 Å². The van der Waals surface area contributed by atoms with Gasteiger partial charge in [-0.15, -0.1) is 0 Å². The molecule has 15 heteroatoms. The van der Waals surface area contributed by atoms with Crippen LogP contribution in [0.5, 0.6) is 0 Å². The first-order valence-corrected chi connectivity index (χ1v) is 9.05. The second-order valence-electron chi connectivity index (χ2n) is 6.05. The van der Waals surface area contributed by atoms with Crippen molar-refractivity contribution in [1.82, 2.24) is 0 Å². The van der Waals surface area contributed by atoms with E-state index < -0.39 is 43.0 Å². The molecule has 0 aromatic rings. The molecule has 1 aliphatic heterocycles. The Morgan fingerprint density at radius 2 is 0.667 bits per heavy atom. The van der Waals surface area contributed by atoms with E-state index in [1.54, 1.807) is 0 Å².